The second-order valence-electron chi connectivity index (χ2n) is 5.84. The van der Waals surface area contributed by atoms with Gasteiger partial charge in [0.25, 0.3) is 0 Å². The zero-order valence-electron chi connectivity index (χ0n) is 14.2. The van der Waals surface area contributed by atoms with E-state index in [0.717, 1.165) is 6.42 Å². The molecule has 0 aromatic carbocycles. The smallest absolute Gasteiger partial charge is 0.373 e. The molecule has 0 radical (unpaired) electrons. The van der Waals surface area contributed by atoms with Crippen LogP contribution in [0.25, 0.3) is 0 Å². The van der Waals surface area contributed by atoms with Gasteiger partial charge in [0.15, 0.2) is 0 Å². The highest BCUT2D eigenvalue weighted by Gasteiger charge is 2.58. The molecule has 0 N–H and O–H groups in total. The summed E-state index contributed by atoms with van der Waals surface area (Å²) in [6.45, 7) is 19.3. The van der Waals surface area contributed by atoms with Crippen LogP contribution in [0.15, 0.2) is 0 Å². The molecule has 0 bridgehead atoms. The van der Waals surface area contributed by atoms with E-state index in [0.29, 0.717) is 31.7 Å². The van der Waals surface area contributed by atoms with Crippen molar-refractivity contribution in [2.24, 2.45) is 11.8 Å². The van der Waals surface area contributed by atoms with Crippen molar-refractivity contribution in [2.75, 3.05) is 19.8 Å². The molecule has 0 aliphatic rings. The summed E-state index contributed by atoms with van der Waals surface area (Å²) < 4.78 is 18.3. The topological polar surface area (TPSA) is 27.7 Å². The second kappa shape index (κ2) is 8.40. The standard InChI is InChI=1S/C15H34O3Si/c1-9-14(13(5)6)15(7,8)19(16-10-2,17-11-3)18-12-4/h13-14H,9-12H2,1-8H3. The summed E-state index contributed by atoms with van der Waals surface area (Å²) in [6, 6.07) is 0. The molecule has 3 nitrogen and oxygen atoms in total. The monoisotopic (exact) mass is 290 g/mol. The third-order valence-corrected chi connectivity index (χ3v) is 7.92. The summed E-state index contributed by atoms with van der Waals surface area (Å²) in [5, 5.41) is -0.0715. The van der Waals surface area contributed by atoms with Crippen molar-refractivity contribution in [1.29, 1.82) is 0 Å². The van der Waals surface area contributed by atoms with E-state index in [4.69, 9.17) is 13.3 Å². The van der Waals surface area contributed by atoms with Gasteiger partial charge in [-0.1, -0.05) is 41.0 Å². The minimum atomic E-state index is -2.67. The van der Waals surface area contributed by atoms with Crippen LogP contribution in [-0.4, -0.2) is 28.6 Å². The summed E-state index contributed by atoms with van der Waals surface area (Å²) in [4.78, 5) is 0. The summed E-state index contributed by atoms with van der Waals surface area (Å²) in [7, 11) is -2.67. The number of hydrogen-bond donors (Lipinski definition) is 0. The maximum absolute atomic E-state index is 6.10. The van der Waals surface area contributed by atoms with Gasteiger partial charge in [0.05, 0.1) is 0 Å². The quantitative estimate of drug-likeness (QED) is 0.555. The fourth-order valence-corrected chi connectivity index (χ4v) is 6.79. The fourth-order valence-electron chi connectivity index (χ4n) is 3.30. The molecule has 0 aliphatic heterocycles. The predicted octanol–water partition coefficient (Wildman–Crippen LogP) is 4.50. The normalized spacial score (nSPS) is 15.0. The van der Waals surface area contributed by atoms with Crippen LogP contribution >= 0.6 is 0 Å². The van der Waals surface area contributed by atoms with Crippen LogP contribution in [0.1, 0.15) is 61.8 Å². The van der Waals surface area contributed by atoms with Gasteiger partial charge in [-0.25, -0.2) is 0 Å². The van der Waals surface area contributed by atoms with E-state index in [1.165, 1.54) is 0 Å². The molecule has 0 rings (SSSR count). The van der Waals surface area contributed by atoms with Crippen molar-refractivity contribution in [3.63, 3.8) is 0 Å². The van der Waals surface area contributed by atoms with Crippen LogP contribution in [0.3, 0.4) is 0 Å². The first kappa shape index (κ1) is 19.1. The van der Waals surface area contributed by atoms with Gasteiger partial charge in [-0.3, -0.25) is 0 Å². The lowest BCUT2D eigenvalue weighted by Gasteiger charge is -2.46. The van der Waals surface area contributed by atoms with Crippen LogP contribution in [0.5, 0.6) is 0 Å². The Bertz CT molecular complexity index is 225. The molecule has 0 aromatic rings. The summed E-state index contributed by atoms with van der Waals surface area (Å²) in [5.74, 6) is 1.12. The van der Waals surface area contributed by atoms with Crippen molar-refractivity contribution in [3.8, 4) is 0 Å². The largest absolute Gasteiger partial charge is 0.507 e. The van der Waals surface area contributed by atoms with Gasteiger partial charge in [-0.15, -0.1) is 0 Å². The van der Waals surface area contributed by atoms with E-state index >= 15 is 0 Å². The minimum Gasteiger partial charge on any atom is -0.373 e. The Hall–Kier alpha value is 0.0969. The van der Waals surface area contributed by atoms with Gasteiger partial charge in [0.2, 0.25) is 0 Å². The lowest BCUT2D eigenvalue weighted by atomic mass is 9.83. The zero-order chi connectivity index (χ0) is 15.1. The molecule has 0 aromatic heterocycles. The van der Waals surface area contributed by atoms with E-state index in [2.05, 4.69) is 34.6 Å². The molecule has 0 aliphatic carbocycles. The van der Waals surface area contributed by atoms with E-state index < -0.39 is 8.80 Å². The Morgan fingerprint density at radius 3 is 1.42 bits per heavy atom. The summed E-state index contributed by atoms with van der Waals surface area (Å²) >= 11 is 0. The van der Waals surface area contributed by atoms with Crippen LogP contribution in [0, 0.1) is 11.8 Å². The van der Waals surface area contributed by atoms with E-state index in [-0.39, 0.29) is 5.04 Å². The van der Waals surface area contributed by atoms with E-state index in [1.54, 1.807) is 0 Å². The van der Waals surface area contributed by atoms with Crippen molar-refractivity contribution in [1.82, 2.24) is 0 Å². The van der Waals surface area contributed by atoms with Gasteiger partial charge in [-0.05, 0) is 32.6 Å². The molecule has 0 spiro atoms. The molecule has 116 valence electrons. The number of rotatable bonds is 10. The maximum Gasteiger partial charge on any atom is 0.507 e. The van der Waals surface area contributed by atoms with Crippen LogP contribution in [0.4, 0.5) is 0 Å². The lowest BCUT2D eigenvalue weighted by molar-refractivity contribution is 0.0304. The van der Waals surface area contributed by atoms with Gasteiger partial charge >= 0.3 is 8.80 Å². The highest BCUT2D eigenvalue weighted by atomic mass is 28.4. The van der Waals surface area contributed by atoms with Crippen molar-refractivity contribution in [2.45, 2.75) is 66.8 Å². The van der Waals surface area contributed by atoms with Crippen LogP contribution in [0.2, 0.25) is 5.04 Å². The number of hydrogen-bond acceptors (Lipinski definition) is 3. The highest BCUT2D eigenvalue weighted by molar-refractivity contribution is 6.64. The molecular weight excluding hydrogens is 256 g/mol. The molecule has 0 fully saturated rings. The van der Waals surface area contributed by atoms with Crippen LogP contribution in [-0.2, 0) is 13.3 Å². The average molecular weight is 291 g/mol. The molecule has 1 atom stereocenters. The molecule has 0 heterocycles. The Labute approximate surface area is 121 Å². The SMILES string of the molecule is CCO[Si](OCC)(OCC)C(C)(C)C(CC)C(C)C. The van der Waals surface area contributed by atoms with E-state index in [1.807, 2.05) is 20.8 Å². The molecule has 4 heteroatoms. The first-order chi connectivity index (χ1) is 8.82. The Kier molecular flexibility index (Phi) is 8.44. The molecular formula is C15H34O3Si. The molecule has 0 amide bonds. The van der Waals surface area contributed by atoms with Gasteiger partial charge in [0.1, 0.15) is 0 Å². The predicted molar refractivity (Wildman–Crippen MR) is 83.3 cm³/mol. The molecule has 1 unspecified atom stereocenters. The minimum absolute atomic E-state index is 0.0715. The van der Waals surface area contributed by atoms with Crippen molar-refractivity contribution >= 4 is 8.80 Å². The third-order valence-electron chi connectivity index (χ3n) is 3.96. The Balaban J connectivity index is 5.50. The van der Waals surface area contributed by atoms with Gasteiger partial charge < -0.3 is 13.3 Å². The fraction of sp³-hybridized carbons (Fsp3) is 1.00. The second-order valence-corrected chi connectivity index (χ2v) is 9.10. The lowest BCUT2D eigenvalue weighted by Crippen LogP contribution is -2.57. The molecule has 0 saturated carbocycles. The zero-order valence-corrected chi connectivity index (χ0v) is 15.2. The van der Waals surface area contributed by atoms with Crippen molar-refractivity contribution < 1.29 is 13.3 Å². The third kappa shape index (κ3) is 4.28. The first-order valence-electron chi connectivity index (χ1n) is 7.74. The van der Waals surface area contributed by atoms with Crippen molar-refractivity contribution in [3.05, 3.63) is 0 Å². The molecule has 19 heavy (non-hydrogen) atoms. The van der Waals surface area contributed by atoms with E-state index in [9.17, 15) is 0 Å². The Morgan fingerprint density at radius 1 is 0.842 bits per heavy atom. The van der Waals surface area contributed by atoms with Gasteiger partial charge in [-0.2, -0.15) is 0 Å². The van der Waals surface area contributed by atoms with Crippen LogP contribution < -0.4 is 0 Å². The molecule has 0 saturated heterocycles. The average Bonchev–Trinajstić information content (AvgIpc) is 2.29. The summed E-state index contributed by atoms with van der Waals surface area (Å²) in [5.41, 5.74) is 0. The Morgan fingerprint density at radius 2 is 1.21 bits per heavy atom. The first-order valence-corrected chi connectivity index (χ1v) is 9.47. The van der Waals surface area contributed by atoms with Gasteiger partial charge in [0, 0.05) is 24.9 Å². The highest BCUT2D eigenvalue weighted by Crippen LogP contribution is 2.50. The maximum atomic E-state index is 6.10. The summed E-state index contributed by atoms with van der Waals surface area (Å²) in [6.07, 6.45) is 1.12.